The molecule has 7 nitrogen and oxygen atoms in total. The first-order valence-corrected chi connectivity index (χ1v) is 10.7. The minimum atomic E-state index is -1.88. The fourth-order valence-electron chi connectivity index (χ4n) is 3.40. The average molecular weight is 473 g/mol. The van der Waals surface area contributed by atoms with Crippen molar-refractivity contribution in [2.75, 3.05) is 0 Å². The number of aromatic carboxylic acids is 1. The number of nitrogens with two attached hydrogens (primary N) is 1. The highest BCUT2D eigenvalue weighted by Crippen LogP contribution is 2.39. The first kappa shape index (κ1) is 22.8. The van der Waals surface area contributed by atoms with E-state index in [4.69, 9.17) is 20.8 Å². The van der Waals surface area contributed by atoms with Crippen LogP contribution in [0.2, 0.25) is 0 Å². The number of nitriles is 1. The van der Waals surface area contributed by atoms with Crippen molar-refractivity contribution in [2.24, 2.45) is 5.73 Å². The molecule has 3 aromatic carbocycles. The number of hydrogen-bond donors (Lipinski definition) is 2. The molecule has 0 bridgehead atoms. The lowest BCUT2D eigenvalue weighted by molar-refractivity contribution is -0.111. The predicted molar refractivity (Wildman–Crippen MR) is 123 cm³/mol. The Hall–Kier alpha value is -4.39. The maximum Gasteiger partial charge on any atom is 0.335 e. The minimum Gasteiger partial charge on any atom is -0.478 e. The highest BCUT2D eigenvalue weighted by atomic mass is 32.1. The number of thiazole rings is 1. The quantitative estimate of drug-likeness (QED) is 0.372. The molecule has 1 unspecified atom stereocenters. The summed E-state index contributed by atoms with van der Waals surface area (Å²) in [5, 5.41) is 18.1. The van der Waals surface area contributed by atoms with Gasteiger partial charge in [-0.05, 0) is 47.5 Å². The van der Waals surface area contributed by atoms with Crippen LogP contribution < -0.4 is 10.5 Å². The van der Waals surface area contributed by atoms with Crippen molar-refractivity contribution in [3.8, 4) is 28.8 Å². The zero-order valence-electron chi connectivity index (χ0n) is 17.4. The third-order valence-electron chi connectivity index (χ3n) is 5.15. The Morgan fingerprint density at radius 1 is 1.15 bits per heavy atom. The molecule has 4 aromatic rings. The Kier molecular flexibility index (Phi) is 6.19. The van der Waals surface area contributed by atoms with Gasteiger partial charge in [-0.25, -0.2) is 14.2 Å². The van der Waals surface area contributed by atoms with Gasteiger partial charge >= 0.3 is 5.97 Å². The maximum absolute atomic E-state index is 15.2. The molecule has 0 fully saturated rings. The lowest BCUT2D eigenvalue weighted by Crippen LogP contribution is -2.40. The van der Waals surface area contributed by atoms with Crippen LogP contribution in [0.4, 0.5) is 4.39 Å². The molecule has 168 valence electrons. The number of carboxylic acids is 1. The molecular formula is C25H16FN3O4S. The van der Waals surface area contributed by atoms with Gasteiger partial charge in [0, 0.05) is 5.56 Å². The van der Waals surface area contributed by atoms with Gasteiger partial charge in [0.15, 0.2) is 0 Å². The van der Waals surface area contributed by atoms with Gasteiger partial charge < -0.3 is 20.4 Å². The molecule has 0 aliphatic heterocycles. The molecule has 1 heterocycles. The Balaban J connectivity index is 1.69. The summed E-state index contributed by atoms with van der Waals surface area (Å²) in [7, 11) is 0. The van der Waals surface area contributed by atoms with E-state index >= 15 is 4.39 Å². The van der Waals surface area contributed by atoms with Crippen LogP contribution in [0.25, 0.3) is 11.1 Å². The second-order valence-corrected chi connectivity index (χ2v) is 8.15. The normalized spacial score (nSPS) is 12.4. The van der Waals surface area contributed by atoms with Crippen LogP contribution in [-0.2, 0) is 10.3 Å². The van der Waals surface area contributed by atoms with Crippen LogP contribution in [0, 0.1) is 17.1 Å². The van der Waals surface area contributed by atoms with E-state index in [1.807, 2.05) is 6.07 Å². The lowest BCUT2D eigenvalue weighted by atomic mass is 9.89. The number of hydrogen-bond acceptors (Lipinski definition) is 7. The Morgan fingerprint density at radius 2 is 1.88 bits per heavy atom. The number of aromatic nitrogens is 1. The van der Waals surface area contributed by atoms with Gasteiger partial charge in [-0.15, -0.1) is 11.3 Å². The summed E-state index contributed by atoms with van der Waals surface area (Å²) in [6, 6.07) is 18.6. The molecule has 0 spiro atoms. The SMILES string of the molecule is N#Cc1cccc(Oc2ncsc2C(N)(C=O)c2ccc(-c3ccc(C(=O)O)cc3)cc2F)c1. The molecule has 0 aliphatic carbocycles. The van der Waals surface area contributed by atoms with Gasteiger partial charge in [-0.2, -0.15) is 5.26 Å². The molecule has 4 rings (SSSR count). The molecule has 0 amide bonds. The number of ether oxygens (including phenoxy) is 1. The third kappa shape index (κ3) is 4.28. The summed E-state index contributed by atoms with van der Waals surface area (Å²) in [5.41, 5.74) is 7.46. The summed E-state index contributed by atoms with van der Waals surface area (Å²) in [6.45, 7) is 0. The van der Waals surface area contributed by atoms with E-state index in [0.29, 0.717) is 28.7 Å². The molecule has 34 heavy (non-hydrogen) atoms. The highest BCUT2D eigenvalue weighted by Gasteiger charge is 2.37. The van der Waals surface area contributed by atoms with Crippen LogP contribution in [0.3, 0.4) is 0 Å². The summed E-state index contributed by atoms with van der Waals surface area (Å²) < 4.78 is 21.0. The van der Waals surface area contributed by atoms with Crippen LogP contribution in [-0.4, -0.2) is 22.3 Å². The predicted octanol–water partition coefficient (Wildman–Crippen LogP) is 4.71. The Bertz CT molecular complexity index is 1430. The summed E-state index contributed by atoms with van der Waals surface area (Å²) in [5.74, 6) is -1.43. The standard InChI is InChI=1S/C25H16FN3O4S/c26-21-11-18(16-4-6-17(7-5-16)24(31)32)8-9-20(21)25(28,13-30)22-23(29-14-34-22)33-19-3-1-2-15(10-19)12-27/h1-11,13-14H,28H2,(H,31,32). The molecule has 1 atom stereocenters. The zero-order valence-corrected chi connectivity index (χ0v) is 18.3. The molecule has 0 saturated heterocycles. The molecule has 9 heteroatoms. The van der Waals surface area contributed by atoms with Crippen LogP contribution in [0.5, 0.6) is 11.6 Å². The topological polar surface area (TPSA) is 126 Å². The molecule has 1 aromatic heterocycles. The second kappa shape index (κ2) is 9.23. The van der Waals surface area contributed by atoms with Gasteiger partial charge in [0.1, 0.15) is 28.3 Å². The van der Waals surface area contributed by atoms with Crippen molar-refractivity contribution in [1.82, 2.24) is 4.98 Å². The van der Waals surface area contributed by atoms with Crippen molar-refractivity contribution < 1.29 is 23.8 Å². The molecular weight excluding hydrogens is 457 g/mol. The molecule has 0 saturated carbocycles. The number of nitrogens with zero attached hydrogens (tertiary/aromatic N) is 2. The first-order valence-electron chi connectivity index (χ1n) is 9.86. The van der Waals surface area contributed by atoms with Gasteiger partial charge in [0.25, 0.3) is 0 Å². The number of halogens is 1. The highest BCUT2D eigenvalue weighted by molar-refractivity contribution is 7.10. The fourth-order valence-corrected chi connectivity index (χ4v) is 4.20. The minimum absolute atomic E-state index is 0.0300. The average Bonchev–Trinajstić information content (AvgIpc) is 3.32. The van der Waals surface area contributed by atoms with Gasteiger partial charge in [-0.3, -0.25) is 0 Å². The third-order valence-corrected chi connectivity index (χ3v) is 6.11. The number of carbonyl (C=O) groups excluding carboxylic acids is 1. The Morgan fingerprint density at radius 3 is 2.53 bits per heavy atom. The monoisotopic (exact) mass is 473 g/mol. The first-order chi connectivity index (χ1) is 16.4. The molecule has 0 radical (unpaired) electrons. The Labute approximate surface area is 197 Å². The number of rotatable bonds is 7. The number of aldehydes is 1. The van der Waals surface area contributed by atoms with Crippen LogP contribution >= 0.6 is 11.3 Å². The zero-order chi connectivity index (χ0) is 24.3. The van der Waals surface area contributed by atoms with Crippen molar-refractivity contribution in [3.63, 3.8) is 0 Å². The van der Waals surface area contributed by atoms with E-state index in [1.54, 1.807) is 36.4 Å². The van der Waals surface area contributed by atoms with Crippen molar-refractivity contribution >= 4 is 23.6 Å². The fraction of sp³-hybridized carbons (Fsp3) is 0.0400. The van der Waals surface area contributed by atoms with Crippen molar-refractivity contribution in [1.29, 1.82) is 5.26 Å². The molecule has 0 aliphatic rings. The summed E-state index contributed by atoms with van der Waals surface area (Å²) >= 11 is 1.04. The molecule has 3 N–H and O–H groups in total. The van der Waals surface area contributed by atoms with E-state index < -0.39 is 17.3 Å². The lowest BCUT2D eigenvalue weighted by Gasteiger charge is -2.24. The number of carbonyl (C=O) groups is 2. The van der Waals surface area contributed by atoms with E-state index in [0.717, 1.165) is 11.3 Å². The second-order valence-electron chi connectivity index (χ2n) is 7.29. The van der Waals surface area contributed by atoms with Crippen molar-refractivity contribution in [3.05, 3.63) is 99.6 Å². The van der Waals surface area contributed by atoms with Gasteiger partial charge in [0.05, 0.1) is 22.7 Å². The number of benzene rings is 3. The number of carboxylic acid groups (broad SMARTS) is 1. The van der Waals surface area contributed by atoms with Gasteiger partial charge in [-0.1, -0.05) is 30.3 Å². The van der Waals surface area contributed by atoms with E-state index in [-0.39, 0.29) is 21.9 Å². The van der Waals surface area contributed by atoms with E-state index in [9.17, 15) is 9.59 Å². The van der Waals surface area contributed by atoms with E-state index in [1.165, 1.54) is 35.8 Å². The van der Waals surface area contributed by atoms with Gasteiger partial charge in [0.2, 0.25) is 5.88 Å². The van der Waals surface area contributed by atoms with E-state index in [2.05, 4.69) is 4.98 Å². The van der Waals surface area contributed by atoms with Crippen molar-refractivity contribution in [2.45, 2.75) is 5.54 Å². The largest absolute Gasteiger partial charge is 0.478 e. The summed E-state index contributed by atoms with van der Waals surface area (Å²) in [4.78, 5) is 27.5. The van der Waals surface area contributed by atoms with Crippen LogP contribution in [0.1, 0.15) is 26.4 Å². The summed E-state index contributed by atoms with van der Waals surface area (Å²) in [6.07, 6.45) is 0.429. The van der Waals surface area contributed by atoms with Crippen LogP contribution in [0.15, 0.2) is 72.2 Å². The smallest absolute Gasteiger partial charge is 0.335 e. The maximum atomic E-state index is 15.2.